The second-order valence-corrected chi connectivity index (χ2v) is 5.65. The van der Waals surface area contributed by atoms with Crippen molar-refractivity contribution in [3.63, 3.8) is 0 Å². The van der Waals surface area contributed by atoms with Crippen LogP contribution < -0.4 is 10.6 Å². The Morgan fingerprint density at radius 3 is 3.00 bits per heavy atom. The molecule has 1 fully saturated rings. The lowest BCUT2D eigenvalue weighted by atomic mass is 9.81. The molecule has 0 aliphatic carbocycles. The number of halogens is 1. The third-order valence-electron chi connectivity index (χ3n) is 3.80. The van der Waals surface area contributed by atoms with Crippen molar-refractivity contribution >= 4 is 23.2 Å². The number of nitriles is 1. The number of nitrogens with zero attached hydrogens (tertiary/aromatic N) is 1. The zero-order valence-corrected chi connectivity index (χ0v) is 12.3. The zero-order valence-electron chi connectivity index (χ0n) is 11.5. The fraction of sp³-hybridized carbons (Fsp3) is 0.467. The van der Waals surface area contributed by atoms with E-state index in [1.807, 2.05) is 0 Å². The minimum atomic E-state index is -0.371. The minimum absolute atomic E-state index is 0.0249. The van der Waals surface area contributed by atoms with E-state index < -0.39 is 0 Å². The molecule has 1 saturated heterocycles. The maximum atomic E-state index is 12.6. The van der Waals surface area contributed by atoms with Crippen molar-refractivity contribution < 1.29 is 4.79 Å². The number of nitrogens with one attached hydrogen (secondary N) is 2. The van der Waals surface area contributed by atoms with Gasteiger partial charge in [0.2, 0.25) is 5.91 Å². The molecular weight excluding hydrogens is 274 g/mol. The summed E-state index contributed by atoms with van der Waals surface area (Å²) >= 11 is 5.94. The SMILES string of the molecule is CCCC1(C(=O)Nc2cc(Cl)ccc2C#N)CCNC1. The van der Waals surface area contributed by atoms with Gasteiger partial charge in [0.15, 0.2) is 0 Å². The normalized spacial score (nSPS) is 21.4. The molecule has 0 saturated carbocycles. The number of rotatable bonds is 4. The lowest BCUT2D eigenvalue weighted by Gasteiger charge is -2.26. The highest BCUT2D eigenvalue weighted by Crippen LogP contribution is 2.33. The topological polar surface area (TPSA) is 64.9 Å². The lowest BCUT2D eigenvalue weighted by Crippen LogP contribution is -2.38. The highest BCUT2D eigenvalue weighted by atomic mass is 35.5. The average molecular weight is 292 g/mol. The summed E-state index contributed by atoms with van der Waals surface area (Å²) in [5, 5.41) is 15.7. The molecule has 0 bridgehead atoms. The Labute approximate surface area is 124 Å². The van der Waals surface area contributed by atoms with Gasteiger partial charge in [-0.2, -0.15) is 5.26 Å². The Hall–Kier alpha value is -1.57. The Morgan fingerprint density at radius 1 is 1.60 bits per heavy atom. The number of hydrogen-bond donors (Lipinski definition) is 2. The molecule has 1 aromatic rings. The molecule has 20 heavy (non-hydrogen) atoms. The first-order valence-electron chi connectivity index (χ1n) is 6.83. The van der Waals surface area contributed by atoms with Crippen LogP contribution in [0.1, 0.15) is 31.7 Å². The van der Waals surface area contributed by atoms with E-state index in [4.69, 9.17) is 16.9 Å². The average Bonchev–Trinajstić information content (AvgIpc) is 2.89. The molecule has 2 N–H and O–H groups in total. The van der Waals surface area contributed by atoms with Crippen LogP contribution in [0.3, 0.4) is 0 Å². The number of benzene rings is 1. The Bertz CT molecular complexity index is 545. The highest BCUT2D eigenvalue weighted by Gasteiger charge is 2.40. The molecule has 106 valence electrons. The van der Waals surface area contributed by atoms with Crippen molar-refractivity contribution in [3.05, 3.63) is 28.8 Å². The first kappa shape index (κ1) is 14.8. The highest BCUT2D eigenvalue weighted by molar-refractivity contribution is 6.31. The van der Waals surface area contributed by atoms with Crippen molar-refractivity contribution in [2.24, 2.45) is 5.41 Å². The van der Waals surface area contributed by atoms with Gasteiger partial charge < -0.3 is 10.6 Å². The third-order valence-corrected chi connectivity index (χ3v) is 4.04. The van der Waals surface area contributed by atoms with Crippen LogP contribution in [0.4, 0.5) is 5.69 Å². The first-order valence-corrected chi connectivity index (χ1v) is 7.21. The maximum Gasteiger partial charge on any atom is 0.231 e. The van der Waals surface area contributed by atoms with Crippen molar-refractivity contribution in [2.45, 2.75) is 26.2 Å². The van der Waals surface area contributed by atoms with Crippen LogP contribution >= 0.6 is 11.6 Å². The standard InChI is InChI=1S/C15H18ClN3O/c1-2-5-15(6-7-18-10-15)14(20)19-13-8-12(16)4-3-11(13)9-17/h3-4,8,18H,2,5-7,10H2,1H3,(H,19,20). The van der Waals surface area contributed by atoms with Crippen LogP contribution in [0.15, 0.2) is 18.2 Å². The van der Waals surface area contributed by atoms with Crippen LogP contribution in [0.25, 0.3) is 0 Å². The molecule has 2 rings (SSSR count). The molecule has 1 amide bonds. The monoisotopic (exact) mass is 291 g/mol. The molecule has 1 aliphatic rings. The Kier molecular flexibility index (Phi) is 4.64. The van der Waals surface area contributed by atoms with Crippen LogP contribution in [-0.4, -0.2) is 19.0 Å². The van der Waals surface area contributed by atoms with Gasteiger partial charge >= 0.3 is 0 Å². The summed E-state index contributed by atoms with van der Waals surface area (Å²) in [6, 6.07) is 6.97. The molecule has 0 aromatic heterocycles. The number of anilines is 1. The summed E-state index contributed by atoms with van der Waals surface area (Å²) in [5.74, 6) is -0.0249. The summed E-state index contributed by atoms with van der Waals surface area (Å²) in [5.41, 5.74) is 0.553. The number of carbonyl (C=O) groups excluding carboxylic acids is 1. The molecule has 1 aromatic carbocycles. The van der Waals surface area contributed by atoms with E-state index >= 15 is 0 Å². The van der Waals surface area contributed by atoms with Gasteiger partial charge in [0.05, 0.1) is 16.7 Å². The molecule has 1 atom stereocenters. The molecule has 0 radical (unpaired) electrons. The van der Waals surface area contributed by atoms with Crippen molar-refractivity contribution in [1.29, 1.82) is 5.26 Å². The number of hydrogen-bond acceptors (Lipinski definition) is 3. The van der Waals surface area contributed by atoms with Crippen LogP contribution in [-0.2, 0) is 4.79 Å². The van der Waals surface area contributed by atoms with Gasteiger partial charge in [-0.15, -0.1) is 0 Å². The van der Waals surface area contributed by atoms with Crippen LogP contribution in [0.5, 0.6) is 0 Å². The zero-order chi connectivity index (χ0) is 14.6. The molecule has 1 heterocycles. The molecule has 5 heteroatoms. The van der Waals surface area contributed by atoms with E-state index in [0.717, 1.165) is 25.8 Å². The molecule has 1 unspecified atom stereocenters. The van der Waals surface area contributed by atoms with Gasteiger partial charge in [-0.05, 0) is 37.6 Å². The largest absolute Gasteiger partial charge is 0.324 e. The minimum Gasteiger partial charge on any atom is -0.324 e. The van der Waals surface area contributed by atoms with E-state index in [0.29, 0.717) is 22.8 Å². The molecular formula is C15H18ClN3O. The second-order valence-electron chi connectivity index (χ2n) is 5.21. The van der Waals surface area contributed by atoms with Gasteiger partial charge in [-0.3, -0.25) is 4.79 Å². The summed E-state index contributed by atoms with van der Waals surface area (Å²) in [6.07, 6.45) is 2.62. The Balaban J connectivity index is 2.23. The van der Waals surface area contributed by atoms with Crippen molar-refractivity contribution in [3.8, 4) is 6.07 Å². The van der Waals surface area contributed by atoms with E-state index in [1.54, 1.807) is 18.2 Å². The van der Waals surface area contributed by atoms with Crippen molar-refractivity contribution in [2.75, 3.05) is 18.4 Å². The summed E-state index contributed by atoms with van der Waals surface area (Å²) in [6.45, 7) is 3.62. The lowest BCUT2D eigenvalue weighted by molar-refractivity contribution is -0.125. The van der Waals surface area contributed by atoms with E-state index in [-0.39, 0.29) is 11.3 Å². The first-order chi connectivity index (χ1) is 9.61. The van der Waals surface area contributed by atoms with E-state index in [1.165, 1.54) is 0 Å². The molecule has 0 spiro atoms. The summed E-state index contributed by atoms with van der Waals surface area (Å²) < 4.78 is 0. The summed E-state index contributed by atoms with van der Waals surface area (Å²) in [7, 11) is 0. The quantitative estimate of drug-likeness (QED) is 0.896. The van der Waals surface area contributed by atoms with Gasteiger partial charge in [-0.1, -0.05) is 24.9 Å². The number of amides is 1. The van der Waals surface area contributed by atoms with Gasteiger partial charge in [-0.25, -0.2) is 0 Å². The van der Waals surface area contributed by atoms with Gasteiger partial charge in [0.25, 0.3) is 0 Å². The maximum absolute atomic E-state index is 12.6. The smallest absolute Gasteiger partial charge is 0.231 e. The molecule has 1 aliphatic heterocycles. The third kappa shape index (κ3) is 2.95. The fourth-order valence-corrected chi connectivity index (χ4v) is 2.89. The van der Waals surface area contributed by atoms with Crippen molar-refractivity contribution in [1.82, 2.24) is 5.32 Å². The molecule has 4 nitrogen and oxygen atoms in total. The van der Waals surface area contributed by atoms with E-state index in [2.05, 4.69) is 23.6 Å². The predicted molar refractivity (Wildman–Crippen MR) is 79.6 cm³/mol. The fourth-order valence-electron chi connectivity index (χ4n) is 2.72. The second kappa shape index (κ2) is 6.25. The Morgan fingerprint density at radius 2 is 2.40 bits per heavy atom. The van der Waals surface area contributed by atoms with E-state index in [9.17, 15) is 4.79 Å². The van der Waals surface area contributed by atoms with Crippen LogP contribution in [0, 0.1) is 16.7 Å². The van der Waals surface area contributed by atoms with Gasteiger partial charge in [0, 0.05) is 11.6 Å². The summed E-state index contributed by atoms with van der Waals surface area (Å²) in [4.78, 5) is 12.6. The predicted octanol–water partition coefficient (Wildman–Crippen LogP) is 2.93. The van der Waals surface area contributed by atoms with Crippen LogP contribution in [0.2, 0.25) is 5.02 Å². The van der Waals surface area contributed by atoms with Gasteiger partial charge in [0.1, 0.15) is 6.07 Å². The number of carbonyl (C=O) groups is 1.